The number of halogens is 2. The number of hydrogen-bond donors (Lipinski definition) is 0. The molecule has 0 aliphatic rings. The fourth-order valence-corrected chi connectivity index (χ4v) is 1.61. The Labute approximate surface area is 61.3 Å². The highest BCUT2D eigenvalue weighted by molar-refractivity contribution is 7.19. The van der Waals surface area contributed by atoms with Crippen LogP contribution < -0.4 is 0 Å². The van der Waals surface area contributed by atoms with E-state index < -0.39 is 0 Å². The lowest BCUT2D eigenvalue weighted by molar-refractivity contribution is 1.27. The summed E-state index contributed by atoms with van der Waals surface area (Å²) in [5, 5.41) is 0. The average molecular weight is 168 g/mol. The van der Waals surface area contributed by atoms with Gasteiger partial charge in [0, 0.05) is 0 Å². The van der Waals surface area contributed by atoms with Crippen molar-refractivity contribution in [2.75, 3.05) is 0 Å². The Kier molecular flexibility index (Phi) is 1.75. The molecule has 0 atom stereocenters. The lowest BCUT2D eigenvalue weighted by atomic mass is 10.6. The molecule has 0 aliphatic heterocycles. The third kappa shape index (κ3) is 1.13. The lowest BCUT2D eigenvalue weighted by Crippen LogP contribution is -1.65. The zero-order valence-corrected chi connectivity index (χ0v) is 6.44. The molecule has 0 saturated heterocycles. The van der Waals surface area contributed by atoms with Crippen molar-refractivity contribution in [2.45, 2.75) is 6.92 Å². The molecule has 0 aliphatic carbocycles. The van der Waals surface area contributed by atoms with Crippen molar-refractivity contribution in [2.24, 2.45) is 0 Å². The van der Waals surface area contributed by atoms with Crippen molar-refractivity contribution in [3.63, 3.8) is 0 Å². The van der Waals surface area contributed by atoms with Gasteiger partial charge >= 0.3 is 0 Å². The Bertz CT molecular complexity index is 176. The first-order valence-electron chi connectivity index (χ1n) is 1.98. The van der Waals surface area contributed by atoms with Crippen LogP contribution in [0.1, 0.15) is 5.69 Å². The summed E-state index contributed by atoms with van der Waals surface area (Å²) in [6.07, 6.45) is 0. The molecule has 0 bridgehead atoms. The SMILES string of the molecule is Cc1nc(Cl)sc1Cl. The van der Waals surface area contributed by atoms with Crippen LogP contribution in [0.4, 0.5) is 0 Å². The quantitative estimate of drug-likeness (QED) is 0.580. The monoisotopic (exact) mass is 167 g/mol. The molecule has 0 N–H and O–H groups in total. The van der Waals surface area contributed by atoms with Crippen LogP contribution in [0, 0.1) is 6.92 Å². The molecule has 0 spiro atoms. The Morgan fingerprint density at radius 3 is 2.25 bits per heavy atom. The van der Waals surface area contributed by atoms with Crippen LogP contribution in [0.3, 0.4) is 0 Å². The van der Waals surface area contributed by atoms with Crippen LogP contribution in [0.5, 0.6) is 0 Å². The van der Waals surface area contributed by atoms with Gasteiger partial charge in [0.2, 0.25) is 0 Å². The first-order valence-corrected chi connectivity index (χ1v) is 3.56. The Morgan fingerprint density at radius 2 is 2.12 bits per heavy atom. The van der Waals surface area contributed by atoms with Gasteiger partial charge in [0.25, 0.3) is 0 Å². The topological polar surface area (TPSA) is 12.9 Å². The zero-order chi connectivity index (χ0) is 6.15. The third-order valence-electron chi connectivity index (χ3n) is 0.714. The van der Waals surface area contributed by atoms with Crippen molar-refractivity contribution >= 4 is 34.5 Å². The number of aryl methyl sites for hydroxylation is 1. The summed E-state index contributed by atoms with van der Waals surface area (Å²) in [5.74, 6) is 0. The van der Waals surface area contributed by atoms with Crippen molar-refractivity contribution in [1.82, 2.24) is 4.98 Å². The van der Waals surface area contributed by atoms with Crippen LogP contribution in [0.25, 0.3) is 0 Å². The molecule has 1 aromatic rings. The predicted octanol–water partition coefficient (Wildman–Crippen LogP) is 2.76. The first kappa shape index (κ1) is 6.33. The van der Waals surface area contributed by atoms with Gasteiger partial charge < -0.3 is 0 Å². The molecule has 0 fully saturated rings. The van der Waals surface area contributed by atoms with E-state index >= 15 is 0 Å². The van der Waals surface area contributed by atoms with Gasteiger partial charge in [-0.25, -0.2) is 4.98 Å². The summed E-state index contributed by atoms with van der Waals surface area (Å²) in [7, 11) is 0. The average Bonchev–Trinajstić information content (AvgIpc) is 1.85. The Hall–Kier alpha value is 0.210. The van der Waals surface area contributed by atoms with Gasteiger partial charge in [-0.05, 0) is 6.92 Å². The smallest absolute Gasteiger partial charge is 0.185 e. The van der Waals surface area contributed by atoms with E-state index in [4.69, 9.17) is 23.2 Å². The second kappa shape index (κ2) is 2.21. The van der Waals surface area contributed by atoms with E-state index in [9.17, 15) is 0 Å². The third-order valence-corrected chi connectivity index (χ3v) is 2.27. The normalized spacial score (nSPS) is 9.88. The molecule has 0 radical (unpaired) electrons. The van der Waals surface area contributed by atoms with E-state index in [2.05, 4.69) is 4.98 Å². The molecule has 0 aromatic carbocycles. The second-order valence-electron chi connectivity index (χ2n) is 1.33. The van der Waals surface area contributed by atoms with E-state index in [0.717, 1.165) is 5.69 Å². The predicted molar refractivity (Wildman–Crippen MR) is 36.9 cm³/mol. The van der Waals surface area contributed by atoms with Gasteiger partial charge in [-0.3, -0.25) is 0 Å². The van der Waals surface area contributed by atoms with Crippen molar-refractivity contribution in [1.29, 1.82) is 0 Å². The van der Waals surface area contributed by atoms with Gasteiger partial charge in [-0.1, -0.05) is 34.5 Å². The molecule has 44 valence electrons. The molecule has 1 nitrogen and oxygen atoms in total. The fourth-order valence-electron chi connectivity index (χ4n) is 0.346. The van der Waals surface area contributed by atoms with Crippen LogP contribution in [-0.4, -0.2) is 4.98 Å². The molecule has 0 amide bonds. The van der Waals surface area contributed by atoms with Crippen LogP contribution in [0.2, 0.25) is 8.80 Å². The first-order chi connectivity index (χ1) is 3.70. The minimum atomic E-state index is 0.507. The van der Waals surface area contributed by atoms with Crippen LogP contribution in [0.15, 0.2) is 0 Å². The summed E-state index contributed by atoms with van der Waals surface area (Å²) in [5.41, 5.74) is 0.807. The molecule has 0 unspecified atom stereocenters. The number of aromatic nitrogens is 1. The summed E-state index contributed by atoms with van der Waals surface area (Å²) in [4.78, 5) is 3.86. The Balaban J connectivity index is 3.14. The van der Waals surface area contributed by atoms with E-state index in [1.54, 1.807) is 0 Å². The van der Waals surface area contributed by atoms with Gasteiger partial charge in [0.1, 0.15) is 4.34 Å². The Morgan fingerprint density at radius 1 is 1.50 bits per heavy atom. The van der Waals surface area contributed by atoms with Gasteiger partial charge in [0.05, 0.1) is 5.69 Å². The van der Waals surface area contributed by atoms with E-state index in [-0.39, 0.29) is 0 Å². The van der Waals surface area contributed by atoms with E-state index in [0.29, 0.717) is 8.80 Å². The highest BCUT2D eigenvalue weighted by Crippen LogP contribution is 2.26. The number of nitrogens with zero attached hydrogens (tertiary/aromatic N) is 1. The lowest BCUT2D eigenvalue weighted by Gasteiger charge is -1.74. The molecule has 1 rings (SSSR count). The molecular weight excluding hydrogens is 165 g/mol. The minimum Gasteiger partial charge on any atom is -0.229 e. The minimum absolute atomic E-state index is 0.507. The summed E-state index contributed by atoms with van der Waals surface area (Å²) >= 11 is 12.4. The van der Waals surface area contributed by atoms with Crippen LogP contribution >= 0.6 is 34.5 Å². The highest BCUT2D eigenvalue weighted by atomic mass is 35.5. The molecule has 4 heteroatoms. The maximum absolute atomic E-state index is 5.60. The fraction of sp³-hybridized carbons (Fsp3) is 0.250. The largest absolute Gasteiger partial charge is 0.229 e. The van der Waals surface area contributed by atoms with E-state index in [1.165, 1.54) is 11.3 Å². The van der Waals surface area contributed by atoms with Crippen molar-refractivity contribution in [3.8, 4) is 0 Å². The zero-order valence-electron chi connectivity index (χ0n) is 4.11. The second-order valence-corrected chi connectivity index (χ2v) is 3.51. The molecular formula is C4H3Cl2NS. The summed E-state index contributed by atoms with van der Waals surface area (Å²) in [6.45, 7) is 1.82. The molecule has 8 heavy (non-hydrogen) atoms. The number of hydrogen-bond acceptors (Lipinski definition) is 2. The van der Waals surface area contributed by atoms with Gasteiger partial charge in [-0.2, -0.15) is 0 Å². The maximum atomic E-state index is 5.60. The number of thiazole rings is 1. The standard InChI is InChI=1S/C4H3Cl2NS/c1-2-3(5)8-4(6)7-2/h1H3. The summed E-state index contributed by atoms with van der Waals surface area (Å²) < 4.78 is 1.18. The van der Waals surface area contributed by atoms with E-state index in [1.807, 2.05) is 6.92 Å². The van der Waals surface area contributed by atoms with Crippen molar-refractivity contribution < 1.29 is 0 Å². The number of rotatable bonds is 0. The van der Waals surface area contributed by atoms with Gasteiger partial charge in [-0.15, -0.1) is 0 Å². The van der Waals surface area contributed by atoms with Crippen molar-refractivity contribution in [3.05, 3.63) is 14.5 Å². The van der Waals surface area contributed by atoms with Gasteiger partial charge in [0.15, 0.2) is 4.47 Å². The highest BCUT2D eigenvalue weighted by Gasteiger charge is 1.99. The molecule has 0 saturated carbocycles. The summed E-state index contributed by atoms with van der Waals surface area (Å²) in [6, 6.07) is 0. The van der Waals surface area contributed by atoms with Crippen LogP contribution in [-0.2, 0) is 0 Å². The molecule has 1 heterocycles. The molecule has 1 aromatic heterocycles. The maximum Gasteiger partial charge on any atom is 0.185 e.